The van der Waals surface area contributed by atoms with Gasteiger partial charge in [0.25, 0.3) is 0 Å². The van der Waals surface area contributed by atoms with Crippen molar-refractivity contribution in [1.82, 2.24) is 29.6 Å². The van der Waals surface area contributed by atoms with Gasteiger partial charge in [-0.2, -0.15) is 0 Å². The molecule has 0 unspecified atom stereocenters. The molecule has 0 radical (unpaired) electrons. The van der Waals surface area contributed by atoms with Crippen LogP contribution in [-0.4, -0.2) is 42.7 Å². The van der Waals surface area contributed by atoms with Gasteiger partial charge in [-0.25, -0.2) is 9.97 Å². The maximum atomic E-state index is 5.44. The number of hydrogen-bond acceptors (Lipinski definition) is 8. The molecule has 0 saturated carbocycles. The summed E-state index contributed by atoms with van der Waals surface area (Å²) in [4.78, 5) is 12.4. The first-order valence-electron chi connectivity index (χ1n) is 9.39. The molecule has 3 aromatic heterocycles. The summed E-state index contributed by atoms with van der Waals surface area (Å²) in [6.45, 7) is 9.05. The Bertz CT molecular complexity index is 888. The van der Waals surface area contributed by atoms with E-state index in [1.54, 1.807) is 0 Å². The van der Waals surface area contributed by atoms with E-state index in [4.69, 9.17) is 4.52 Å². The minimum Gasteiger partial charge on any atom is -0.355 e. The average Bonchev–Trinajstić information content (AvgIpc) is 3.31. The normalized spacial score (nSPS) is 18.3. The summed E-state index contributed by atoms with van der Waals surface area (Å²) in [5.41, 5.74) is 3.06. The highest BCUT2D eigenvalue weighted by Gasteiger charge is 2.28. The van der Waals surface area contributed by atoms with E-state index in [1.165, 1.54) is 11.5 Å². The van der Waals surface area contributed by atoms with Gasteiger partial charge in [0.2, 0.25) is 0 Å². The van der Waals surface area contributed by atoms with Crippen LogP contribution in [0.5, 0.6) is 0 Å². The Morgan fingerprint density at radius 1 is 1.30 bits per heavy atom. The number of likely N-dealkylation sites (tertiary alicyclic amines) is 1. The fraction of sp³-hybridized carbons (Fsp3) is 0.526. The van der Waals surface area contributed by atoms with Gasteiger partial charge >= 0.3 is 0 Å². The number of hydrogen-bond donors (Lipinski definition) is 0. The van der Waals surface area contributed by atoms with Crippen LogP contribution in [0.25, 0.3) is 10.6 Å². The standard InChI is InChI=1S/C19H24N6OS/c1-12(2)19-20-8-14(9-21-19)10-25-6-4-5-15(11-25)17-18(27-24-22-17)16-7-13(3)23-26-16/h7-9,12,15H,4-6,10-11H2,1-3H3/t15-/m1/s1. The fourth-order valence-corrected chi connectivity index (χ4v) is 4.23. The van der Waals surface area contributed by atoms with Crippen molar-refractivity contribution in [3.8, 4) is 10.6 Å². The van der Waals surface area contributed by atoms with E-state index in [0.717, 1.165) is 65.9 Å². The highest BCUT2D eigenvalue weighted by molar-refractivity contribution is 7.09. The van der Waals surface area contributed by atoms with Crippen LogP contribution in [0, 0.1) is 6.92 Å². The molecule has 3 aromatic rings. The monoisotopic (exact) mass is 384 g/mol. The van der Waals surface area contributed by atoms with Gasteiger partial charge in [-0.3, -0.25) is 4.90 Å². The SMILES string of the molecule is Cc1cc(-c2snnc2[C@@H]2CCCN(Cc3cnc(C(C)C)nc3)C2)on1. The van der Waals surface area contributed by atoms with Gasteiger partial charge in [-0.15, -0.1) is 5.10 Å². The first-order valence-corrected chi connectivity index (χ1v) is 10.2. The number of piperidine rings is 1. The largest absolute Gasteiger partial charge is 0.355 e. The molecular weight excluding hydrogens is 360 g/mol. The summed E-state index contributed by atoms with van der Waals surface area (Å²) < 4.78 is 9.63. The van der Waals surface area contributed by atoms with Crippen molar-refractivity contribution in [2.24, 2.45) is 0 Å². The maximum Gasteiger partial charge on any atom is 0.180 e. The molecule has 0 amide bonds. The van der Waals surface area contributed by atoms with Crippen LogP contribution < -0.4 is 0 Å². The molecule has 0 N–H and O–H groups in total. The zero-order valence-corrected chi connectivity index (χ0v) is 16.7. The van der Waals surface area contributed by atoms with Crippen LogP contribution >= 0.6 is 11.5 Å². The number of aromatic nitrogens is 5. The third kappa shape index (κ3) is 4.06. The Morgan fingerprint density at radius 2 is 2.11 bits per heavy atom. The second-order valence-corrected chi connectivity index (χ2v) is 8.25. The van der Waals surface area contributed by atoms with E-state index in [-0.39, 0.29) is 0 Å². The molecule has 142 valence electrons. The number of nitrogens with zero attached hydrogens (tertiary/aromatic N) is 6. The van der Waals surface area contributed by atoms with Crippen molar-refractivity contribution in [3.05, 3.63) is 41.2 Å². The zero-order valence-electron chi connectivity index (χ0n) is 15.9. The van der Waals surface area contributed by atoms with Gasteiger partial charge in [0.15, 0.2) is 5.76 Å². The second kappa shape index (κ2) is 7.82. The van der Waals surface area contributed by atoms with Gasteiger partial charge in [0.1, 0.15) is 10.7 Å². The quantitative estimate of drug-likeness (QED) is 0.662. The second-order valence-electron chi connectivity index (χ2n) is 7.50. The molecule has 1 aliphatic heterocycles. The molecule has 0 bridgehead atoms. The molecule has 4 rings (SSSR count). The predicted molar refractivity (Wildman–Crippen MR) is 104 cm³/mol. The molecule has 27 heavy (non-hydrogen) atoms. The highest BCUT2D eigenvalue weighted by Crippen LogP contribution is 2.35. The molecule has 4 heterocycles. The van der Waals surface area contributed by atoms with E-state index in [1.807, 2.05) is 25.4 Å². The fourth-order valence-electron chi connectivity index (χ4n) is 3.53. The van der Waals surface area contributed by atoms with E-state index >= 15 is 0 Å². The summed E-state index contributed by atoms with van der Waals surface area (Å²) in [5.74, 6) is 2.38. The molecule has 8 heteroatoms. The zero-order chi connectivity index (χ0) is 18.8. The van der Waals surface area contributed by atoms with E-state index < -0.39 is 0 Å². The van der Waals surface area contributed by atoms with Crippen LogP contribution in [0.15, 0.2) is 23.0 Å². The molecule has 1 fully saturated rings. The van der Waals surface area contributed by atoms with Crippen LogP contribution in [0.4, 0.5) is 0 Å². The van der Waals surface area contributed by atoms with Crippen molar-refractivity contribution in [2.75, 3.05) is 13.1 Å². The summed E-state index contributed by atoms with van der Waals surface area (Å²) in [6, 6.07) is 1.95. The van der Waals surface area contributed by atoms with Crippen LogP contribution in [-0.2, 0) is 6.54 Å². The number of rotatable bonds is 5. The Balaban J connectivity index is 1.47. The van der Waals surface area contributed by atoms with Crippen molar-refractivity contribution in [2.45, 2.75) is 52.0 Å². The summed E-state index contributed by atoms with van der Waals surface area (Å²) >= 11 is 1.39. The average molecular weight is 385 g/mol. The molecule has 0 spiro atoms. The highest BCUT2D eigenvalue weighted by atomic mass is 32.1. The minimum absolute atomic E-state index is 0.355. The summed E-state index contributed by atoms with van der Waals surface area (Å²) in [6.07, 6.45) is 6.17. The van der Waals surface area contributed by atoms with Crippen molar-refractivity contribution in [1.29, 1.82) is 0 Å². The van der Waals surface area contributed by atoms with E-state index in [0.29, 0.717) is 11.8 Å². The van der Waals surface area contributed by atoms with Crippen molar-refractivity contribution >= 4 is 11.5 Å². The Morgan fingerprint density at radius 3 is 2.81 bits per heavy atom. The molecule has 1 saturated heterocycles. The molecule has 0 aromatic carbocycles. The molecular formula is C19H24N6OS. The predicted octanol–water partition coefficient (Wildman–Crippen LogP) is 3.79. The van der Waals surface area contributed by atoms with Crippen LogP contribution in [0.1, 0.15) is 61.3 Å². The van der Waals surface area contributed by atoms with E-state index in [2.05, 4.69) is 43.5 Å². The van der Waals surface area contributed by atoms with Gasteiger partial charge in [0.05, 0.1) is 11.4 Å². The Labute approximate surface area is 163 Å². The Kier molecular flexibility index (Phi) is 5.27. The van der Waals surface area contributed by atoms with Crippen LogP contribution in [0.2, 0.25) is 0 Å². The topological polar surface area (TPSA) is 80.8 Å². The lowest BCUT2D eigenvalue weighted by molar-refractivity contribution is 0.198. The Hall–Kier alpha value is -2.19. The van der Waals surface area contributed by atoms with Gasteiger partial charge in [0, 0.05) is 48.9 Å². The third-order valence-corrected chi connectivity index (χ3v) is 5.66. The lowest BCUT2D eigenvalue weighted by Crippen LogP contribution is -2.34. The maximum absolute atomic E-state index is 5.44. The first-order chi connectivity index (χ1) is 13.1. The van der Waals surface area contributed by atoms with Crippen molar-refractivity contribution < 1.29 is 4.52 Å². The lowest BCUT2D eigenvalue weighted by Gasteiger charge is -2.32. The minimum atomic E-state index is 0.355. The number of aryl methyl sites for hydroxylation is 1. The lowest BCUT2D eigenvalue weighted by atomic mass is 9.93. The molecule has 7 nitrogen and oxygen atoms in total. The smallest absolute Gasteiger partial charge is 0.180 e. The summed E-state index contributed by atoms with van der Waals surface area (Å²) in [5, 5.41) is 8.43. The van der Waals surface area contributed by atoms with Gasteiger partial charge in [-0.05, 0) is 37.8 Å². The molecule has 1 atom stereocenters. The first kappa shape index (κ1) is 18.2. The van der Waals surface area contributed by atoms with Gasteiger partial charge in [-0.1, -0.05) is 23.5 Å². The third-order valence-electron chi connectivity index (χ3n) is 4.91. The molecule has 1 aliphatic rings. The van der Waals surface area contributed by atoms with Crippen molar-refractivity contribution in [3.63, 3.8) is 0 Å². The van der Waals surface area contributed by atoms with Crippen LogP contribution in [0.3, 0.4) is 0 Å². The summed E-state index contributed by atoms with van der Waals surface area (Å²) in [7, 11) is 0. The van der Waals surface area contributed by atoms with E-state index in [9.17, 15) is 0 Å². The van der Waals surface area contributed by atoms with Gasteiger partial charge < -0.3 is 4.52 Å². The molecule has 0 aliphatic carbocycles.